The number of furan rings is 1. The number of benzene rings is 2. The number of aryl methyl sites for hydroxylation is 1. The highest BCUT2D eigenvalue weighted by molar-refractivity contribution is 6.08. The fourth-order valence-electron chi connectivity index (χ4n) is 2.26. The molecule has 0 radical (unpaired) electrons. The third-order valence-electron chi connectivity index (χ3n) is 2.99. The van der Waals surface area contributed by atoms with Crippen molar-refractivity contribution in [2.75, 3.05) is 0 Å². The van der Waals surface area contributed by atoms with Gasteiger partial charge in [-0.05, 0) is 12.1 Å². The van der Waals surface area contributed by atoms with Gasteiger partial charge in [-0.3, -0.25) is 0 Å². The molecule has 0 saturated heterocycles. The summed E-state index contributed by atoms with van der Waals surface area (Å²) in [5, 5.41) is 2.20. The van der Waals surface area contributed by atoms with Crippen LogP contribution in [0.3, 0.4) is 0 Å². The molecule has 0 unspecified atom stereocenters. The van der Waals surface area contributed by atoms with E-state index in [4.69, 9.17) is 8.83 Å². The number of para-hydroxylation sites is 1. The first kappa shape index (κ1) is 8.82. The van der Waals surface area contributed by atoms with Crippen LogP contribution in [0.4, 0.5) is 0 Å². The first-order valence-corrected chi connectivity index (χ1v) is 5.50. The number of hydrogen-bond donors (Lipinski definition) is 0. The maximum Gasteiger partial charge on any atom is 0.192 e. The summed E-state index contributed by atoms with van der Waals surface area (Å²) in [6, 6.07) is 11.9. The highest BCUT2D eigenvalue weighted by Gasteiger charge is 2.10. The molecule has 4 rings (SSSR count). The lowest BCUT2D eigenvalue weighted by atomic mass is 10.1. The highest BCUT2D eigenvalue weighted by atomic mass is 16.4. The molecule has 4 aromatic rings. The van der Waals surface area contributed by atoms with E-state index in [9.17, 15) is 0 Å². The van der Waals surface area contributed by atoms with E-state index in [1.165, 1.54) is 0 Å². The van der Waals surface area contributed by atoms with Crippen LogP contribution in [0.25, 0.3) is 33.0 Å². The van der Waals surface area contributed by atoms with Crippen LogP contribution >= 0.6 is 0 Å². The number of hydrogen-bond acceptors (Lipinski definition) is 3. The zero-order valence-corrected chi connectivity index (χ0v) is 9.23. The Morgan fingerprint density at radius 3 is 2.71 bits per heavy atom. The first-order chi connectivity index (χ1) is 8.31. The Morgan fingerprint density at radius 1 is 0.882 bits per heavy atom. The number of oxazole rings is 1. The molecule has 0 aliphatic heterocycles. The maximum atomic E-state index is 5.78. The number of fused-ring (bicyclic) bond motifs is 4. The second-order valence-electron chi connectivity index (χ2n) is 4.15. The fraction of sp³-hybridized carbons (Fsp3) is 0.0714. The smallest absolute Gasteiger partial charge is 0.192 e. The van der Waals surface area contributed by atoms with E-state index in [-0.39, 0.29) is 0 Å². The quantitative estimate of drug-likeness (QED) is 0.451. The number of aromatic nitrogens is 1. The zero-order chi connectivity index (χ0) is 11.4. The Kier molecular flexibility index (Phi) is 1.50. The van der Waals surface area contributed by atoms with Crippen molar-refractivity contribution in [1.82, 2.24) is 4.98 Å². The van der Waals surface area contributed by atoms with E-state index in [0.29, 0.717) is 5.89 Å². The summed E-state index contributed by atoms with van der Waals surface area (Å²) in [6.07, 6.45) is 0. The van der Waals surface area contributed by atoms with Gasteiger partial charge in [-0.2, -0.15) is 0 Å². The average molecular weight is 223 g/mol. The Morgan fingerprint density at radius 2 is 1.76 bits per heavy atom. The summed E-state index contributed by atoms with van der Waals surface area (Å²) in [4.78, 5) is 4.34. The maximum absolute atomic E-state index is 5.78. The van der Waals surface area contributed by atoms with Crippen LogP contribution in [-0.4, -0.2) is 4.98 Å². The lowest BCUT2D eigenvalue weighted by Crippen LogP contribution is -1.69. The van der Waals surface area contributed by atoms with E-state index >= 15 is 0 Å². The van der Waals surface area contributed by atoms with Crippen LogP contribution in [0.5, 0.6) is 0 Å². The molecule has 0 fully saturated rings. The molecule has 17 heavy (non-hydrogen) atoms. The van der Waals surface area contributed by atoms with Crippen molar-refractivity contribution in [2.24, 2.45) is 0 Å². The molecule has 0 aliphatic carbocycles. The van der Waals surface area contributed by atoms with Crippen LogP contribution < -0.4 is 0 Å². The molecule has 0 spiro atoms. The minimum absolute atomic E-state index is 0.678. The fourth-order valence-corrected chi connectivity index (χ4v) is 2.26. The first-order valence-electron chi connectivity index (χ1n) is 5.50. The largest absolute Gasteiger partial charge is 0.456 e. The predicted molar refractivity (Wildman–Crippen MR) is 66.0 cm³/mol. The van der Waals surface area contributed by atoms with Gasteiger partial charge in [0.25, 0.3) is 0 Å². The predicted octanol–water partition coefficient (Wildman–Crippen LogP) is 4.04. The molecule has 3 nitrogen and oxygen atoms in total. The van der Waals surface area contributed by atoms with Gasteiger partial charge in [0.15, 0.2) is 11.5 Å². The normalized spacial score (nSPS) is 11.8. The minimum atomic E-state index is 0.678. The molecule has 3 heteroatoms. The molecule has 2 aromatic carbocycles. The molecule has 0 N–H and O–H groups in total. The van der Waals surface area contributed by atoms with Gasteiger partial charge in [-0.25, -0.2) is 4.98 Å². The molecule has 2 aromatic heterocycles. The van der Waals surface area contributed by atoms with E-state index < -0.39 is 0 Å². The van der Waals surface area contributed by atoms with Crippen molar-refractivity contribution in [2.45, 2.75) is 6.92 Å². The van der Waals surface area contributed by atoms with Crippen molar-refractivity contribution in [3.05, 3.63) is 42.3 Å². The van der Waals surface area contributed by atoms with Crippen molar-refractivity contribution in [3.63, 3.8) is 0 Å². The minimum Gasteiger partial charge on any atom is -0.456 e. The molecule has 82 valence electrons. The third-order valence-corrected chi connectivity index (χ3v) is 2.99. The van der Waals surface area contributed by atoms with Gasteiger partial charge < -0.3 is 8.83 Å². The Hall–Kier alpha value is -2.29. The Bertz CT molecular complexity index is 854. The summed E-state index contributed by atoms with van der Waals surface area (Å²) < 4.78 is 11.3. The molecule has 0 aliphatic rings. The zero-order valence-electron chi connectivity index (χ0n) is 9.23. The average Bonchev–Trinajstić information content (AvgIpc) is 2.84. The number of rotatable bonds is 0. The van der Waals surface area contributed by atoms with Crippen molar-refractivity contribution < 1.29 is 8.83 Å². The van der Waals surface area contributed by atoms with Gasteiger partial charge in [-0.1, -0.05) is 18.2 Å². The van der Waals surface area contributed by atoms with Crippen molar-refractivity contribution in [1.29, 1.82) is 0 Å². The van der Waals surface area contributed by atoms with Crippen LogP contribution in [0.15, 0.2) is 45.2 Å². The molecular weight excluding hydrogens is 214 g/mol. The summed E-state index contributed by atoms with van der Waals surface area (Å²) in [5.74, 6) is 0.678. The van der Waals surface area contributed by atoms with E-state index in [0.717, 1.165) is 33.0 Å². The van der Waals surface area contributed by atoms with Crippen LogP contribution in [-0.2, 0) is 0 Å². The van der Waals surface area contributed by atoms with Crippen LogP contribution in [0.1, 0.15) is 5.89 Å². The summed E-state index contributed by atoms with van der Waals surface area (Å²) in [5.41, 5.74) is 3.39. The molecule has 0 atom stereocenters. The summed E-state index contributed by atoms with van der Waals surface area (Å²) in [7, 11) is 0. The standard InChI is InChI=1S/C14H9NO2/c1-8-15-11-6-10-9-4-2-3-5-12(9)17-13(10)7-14(11)16-8/h2-7H,1H3. The lowest BCUT2D eigenvalue weighted by molar-refractivity contribution is 0.560. The van der Waals surface area contributed by atoms with Crippen LogP contribution in [0, 0.1) is 6.92 Å². The molecule has 0 saturated carbocycles. The lowest BCUT2D eigenvalue weighted by Gasteiger charge is -1.88. The van der Waals surface area contributed by atoms with E-state index in [1.807, 2.05) is 37.3 Å². The second kappa shape index (κ2) is 2.88. The van der Waals surface area contributed by atoms with Crippen molar-refractivity contribution >= 4 is 33.0 Å². The monoisotopic (exact) mass is 223 g/mol. The van der Waals surface area contributed by atoms with Crippen LogP contribution in [0.2, 0.25) is 0 Å². The summed E-state index contributed by atoms with van der Waals surface area (Å²) in [6.45, 7) is 1.85. The van der Waals surface area contributed by atoms with Gasteiger partial charge in [0, 0.05) is 23.8 Å². The Labute approximate surface area is 96.6 Å². The van der Waals surface area contributed by atoms with E-state index in [1.54, 1.807) is 0 Å². The molecular formula is C14H9NO2. The Balaban J connectivity index is 2.26. The topological polar surface area (TPSA) is 39.2 Å². The molecule has 0 bridgehead atoms. The van der Waals surface area contributed by atoms with Gasteiger partial charge in [0.1, 0.15) is 16.7 Å². The van der Waals surface area contributed by atoms with Gasteiger partial charge in [0.2, 0.25) is 0 Å². The molecule has 0 amide bonds. The summed E-state index contributed by atoms with van der Waals surface area (Å²) >= 11 is 0. The van der Waals surface area contributed by atoms with Gasteiger partial charge in [-0.15, -0.1) is 0 Å². The highest BCUT2D eigenvalue weighted by Crippen LogP contribution is 2.31. The van der Waals surface area contributed by atoms with E-state index in [2.05, 4.69) is 11.1 Å². The SMILES string of the molecule is Cc1nc2cc3c(cc2o1)oc1ccccc13. The third kappa shape index (κ3) is 1.13. The number of nitrogens with zero attached hydrogens (tertiary/aromatic N) is 1. The van der Waals surface area contributed by atoms with Crippen molar-refractivity contribution in [3.8, 4) is 0 Å². The van der Waals surface area contributed by atoms with Gasteiger partial charge in [0.05, 0.1) is 0 Å². The van der Waals surface area contributed by atoms with Gasteiger partial charge >= 0.3 is 0 Å². The second-order valence-corrected chi connectivity index (χ2v) is 4.15. The molecule has 2 heterocycles.